The first-order valence-corrected chi connectivity index (χ1v) is 10.7. The first kappa shape index (κ1) is 19.8. The van der Waals surface area contributed by atoms with Gasteiger partial charge in [-0.2, -0.15) is 0 Å². The summed E-state index contributed by atoms with van der Waals surface area (Å²) in [5, 5.41) is 7.82. The number of hydrogen-bond donors (Lipinski definition) is 2. The maximum atomic E-state index is 12.5. The Morgan fingerprint density at radius 3 is 2.63 bits per heavy atom. The van der Waals surface area contributed by atoms with Crippen LogP contribution in [0.4, 0.5) is 10.7 Å². The first-order chi connectivity index (χ1) is 13.1. The van der Waals surface area contributed by atoms with Gasteiger partial charge < -0.3 is 15.4 Å². The summed E-state index contributed by atoms with van der Waals surface area (Å²) in [5.74, 6) is -0.285. The molecule has 0 amide bonds. The van der Waals surface area contributed by atoms with E-state index in [1.807, 2.05) is 18.2 Å². The Balaban J connectivity index is 1.86. The van der Waals surface area contributed by atoms with E-state index < -0.39 is 0 Å². The summed E-state index contributed by atoms with van der Waals surface area (Å²) in [7, 11) is 1.44. The van der Waals surface area contributed by atoms with Crippen molar-refractivity contribution in [1.29, 1.82) is 0 Å². The predicted octanol–water partition coefficient (Wildman–Crippen LogP) is 5.57. The molecule has 0 radical (unpaired) electrons. The van der Waals surface area contributed by atoms with E-state index in [1.165, 1.54) is 36.8 Å². The van der Waals surface area contributed by atoms with Crippen molar-refractivity contribution >= 4 is 45.3 Å². The summed E-state index contributed by atoms with van der Waals surface area (Å²) in [6, 6.07) is 8.11. The number of benzene rings is 1. The number of anilines is 2. The summed E-state index contributed by atoms with van der Waals surface area (Å²) in [6.07, 6.45) is 7.61. The number of aryl methyl sites for hydroxylation is 2. The molecule has 0 atom stereocenters. The van der Waals surface area contributed by atoms with E-state index in [1.54, 1.807) is 11.3 Å². The van der Waals surface area contributed by atoms with Gasteiger partial charge in [0.05, 0.1) is 12.7 Å². The molecule has 0 unspecified atom stereocenters. The third-order valence-electron chi connectivity index (χ3n) is 4.93. The van der Waals surface area contributed by atoms with Crippen molar-refractivity contribution in [3.05, 3.63) is 45.8 Å². The third-order valence-corrected chi connectivity index (χ3v) is 6.35. The zero-order chi connectivity index (χ0) is 19.2. The molecular weight excluding hydrogens is 376 g/mol. The molecule has 0 spiro atoms. The molecule has 0 fully saturated rings. The molecule has 3 rings (SSSR count). The number of esters is 1. The Bertz CT molecular complexity index is 830. The Labute approximate surface area is 170 Å². The van der Waals surface area contributed by atoms with Crippen LogP contribution in [0.5, 0.6) is 0 Å². The summed E-state index contributed by atoms with van der Waals surface area (Å²) in [5.41, 5.74) is 4.00. The molecule has 0 saturated heterocycles. The van der Waals surface area contributed by atoms with Crippen molar-refractivity contribution in [1.82, 2.24) is 0 Å². The Kier molecular flexibility index (Phi) is 6.85. The topological polar surface area (TPSA) is 50.4 Å². The average Bonchev–Trinajstić information content (AvgIpc) is 2.97. The molecule has 144 valence electrons. The highest BCUT2D eigenvalue weighted by Crippen LogP contribution is 2.37. The number of thiocarbonyl (C=S) groups is 1. The predicted molar refractivity (Wildman–Crippen MR) is 117 cm³/mol. The van der Waals surface area contributed by atoms with Gasteiger partial charge in [0.2, 0.25) is 0 Å². The van der Waals surface area contributed by atoms with Crippen LogP contribution >= 0.6 is 23.6 Å². The molecule has 2 N–H and O–H groups in total. The molecule has 0 saturated carbocycles. The number of hydrogen-bond acceptors (Lipinski definition) is 4. The minimum atomic E-state index is -0.285. The largest absolute Gasteiger partial charge is 0.465 e. The number of methoxy groups -OCH3 is 1. The molecule has 1 aliphatic rings. The van der Waals surface area contributed by atoms with Gasteiger partial charge in [-0.05, 0) is 61.5 Å². The van der Waals surface area contributed by atoms with E-state index in [-0.39, 0.29) is 5.97 Å². The van der Waals surface area contributed by atoms with Crippen LogP contribution in [-0.2, 0) is 24.0 Å². The summed E-state index contributed by atoms with van der Waals surface area (Å²) >= 11 is 7.17. The van der Waals surface area contributed by atoms with Crippen LogP contribution in [0.25, 0.3) is 0 Å². The number of ether oxygens (including phenoxy) is 1. The molecule has 27 heavy (non-hydrogen) atoms. The minimum absolute atomic E-state index is 0.285. The van der Waals surface area contributed by atoms with E-state index >= 15 is 0 Å². The number of nitrogens with one attached hydrogen (secondary N) is 2. The summed E-state index contributed by atoms with van der Waals surface area (Å²) in [4.78, 5) is 13.8. The smallest absolute Gasteiger partial charge is 0.341 e. The van der Waals surface area contributed by atoms with Crippen molar-refractivity contribution in [2.24, 2.45) is 0 Å². The van der Waals surface area contributed by atoms with Gasteiger partial charge in [-0.15, -0.1) is 11.3 Å². The van der Waals surface area contributed by atoms with Crippen LogP contribution in [0, 0.1) is 0 Å². The Morgan fingerprint density at radius 2 is 1.89 bits per heavy atom. The summed E-state index contributed by atoms with van der Waals surface area (Å²) < 4.78 is 5.07. The fourth-order valence-corrected chi connectivity index (χ4v) is 5.09. The molecule has 0 aliphatic heterocycles. The van der Waals surface area contributed by atoms with Gasteiger partial charge in [-0.1, -0.05) is 38.0 Å². The third kappa shape index (κ3) is 4.68. The normalized spacial score (nSPS) is 13.9. The van der Waals surface area contributed by atoms with E-state index in [2.05, 4.69) is 23.6 Å². The molecule has 1 aliphatic carbocycles. The van der Waals surface area contributed by atoms with Gasteiger partial charge in [-0.3, -0.25) is 0 Å². The molecular formula is C21H26N2O2S2. The van der Waals surface area contributed by atoms with E-state index in [9.17, 15) is 4.79 Å². The van der Waals surface area contributed by atoms with Crippen molar-refractivity contribution < 1.29 is 9.53 Å². The Hall–Kier alpha value is -1.92. The molecule has 1 aromatic carbocycles. The van der Waals surface area contributed by atoms with E-state index in [0.29, 0.717) is 10.7 Å². The van der Waals surface area contributed by atoms with Gasteiger partial charge in [0, 0.05) is 10.6 Å². The van der Waals surface area contributed by atoms with Crippen LogP contribution in [0.1, 0.15) is 59.0 Å². The number of thiophene rings is 1. The fraction of sp³-hybridized carbons (Fsp3) is 0.429. The lowest BCUT2D eigenvalue weighted by atomic mass is 9.96. The molecule has 1 heterocycles. The fourth-order valence-electron chi connectivity index (χ4n) is 3.53. The summed E-state index contributed by atoms with van der Waals surface area (Å²) in [6.45, 7) is 2.12. The maximum absolute atomic E-state index is 12.5. The van der Waals surface area contributed by atoms with Gasteiger partial charge in [0.25, 0.3) is 0 Å². The quantitative estimate of drug-likeness (QED) is 0.517. The van der Waals surface area contributed by atoms with Crippen molar-refractivity contribution in [2.75, 3.05) is 17.7 Å². The highest BCUT2D eigenvalue weighted by Gasteiger charge is 2.25. The second-order valence-electron chi connectivity index (χ2n) is 6.70. The molecule has 6 heteroatoms. The van der Waals surface area contributed by atoms with Gasteiger partial charge >= 0.3 is 5.97 Å². The first-order valence-electron chi connectivity index (χ1n) is 9.52. The second kappa shape index (κ2) is 9.33. The highest BCUT2D eigenvalue weighted by molar-refractivity contribution is 7.80. The number of para-hydroxylation sites is 1. The van der Waals surface area contributed by atoms with Gasteiger partial charge in [-0.25, -0.2) is 4.79 Å². The Morgan fingerprint density at radius 1 is 1.15 bits per heavy atom. The van der Waals surface area contributed by atoms with E-state index in [4.69, 9.17) is 17.0 Å². The SMILES string of the molecule is CCc1ccccc1NC(=S)Nc1sc2c(c1C(=O)OC)CCCCCC2. The lowest BCUT2D eigenvalue weighted by Crippen LogP contribution is -2.21. The van der Waals surface area contributed by atoms with Crippen molar-refractivity contribution in [2.45, 2.75) is 51.9 Å². The standard InChI is InChI=1S/C21H26N2O2S2/c1-3-14-10-8-9-12-16(14)22-21(26)23-19-18(20(24)25-2)15-11-6-4-5-7-13-17(15)27-19/h8-10,12H,3-7,11,13H2,1-2H3,(H2,22,23,26). The van der Waals surface area contributed by atoms with Crippen LogP contribution in [0.2, 0.25) is 0 Å². The van der Waals surface area contributed by atoms with Crippen LogP contribution < -0.4 is 10.6 Å². The van der Waals surface area contributed by atoms with Crippen LogP contribution in [0.15, 0.2) is 24.3 Å². The molecule has 2 aromatic rings. The minimum Gasteiger partial charge on any atom is -0.465 e. The number of carbonyl (C=O) groups is 1. The van der Waals surface area contributed by atoms with Crippen LogP contribution in [0.3, 0.4) is 0 Å². The monoisotopic (exact) mass is 402 g/mol. The van der Waals surface area contributed by atoms with Gasteiger partial charge in [0.1, 0.15) is 5.00 Å². The molecule has 1 aromatic heterocycles. The van der Waals surface area contributed by atoms with Crippen molar-refractivity contribution in [3.8, 4) is 0 Å². The zero-order valence-electron chi connectivity index (χ0n) is 15.9. The average molecular weight is 403 g/mol. The second-order valence-corrected chi connectivity index (χ2v) is 8.22. The van der Waals surface area contributed by atoms with Crippen molar-refractivity contribution in [3.63, 3.8) is 0 Å². The lowest BCUT2D eigenvalue weighted by molar-refractivity contribution is 0.0601. The maximum Gasteiger partial charge on any atom is 0.341 e. The number of rotatable bonds is 4. The molecule has 0 bridgehead atoms. The number of fused-ring (bicyclic) bond motifs is 1. The van der Waals surface area contributed by atoms with Crippen LogP contribution in [-0.4, -0.2) is 18.2 Å². The van der Waals surface area contributed by atoms with Gasteiger partial charge in [0.15, 0.2) is 5.11 Å². The number of carbonyl (C=O) groups excluding carboxylic acids is 1. The molecule has 4 nitrogen and oxygen atoms in total. The lowest BCUT2D eigenvalue weighted by Gasteiger charge is -2.14. The zero-order valence-corrected chi connectivity index (χ0v) is 17.5. The highest BCUT2D eigenvalue weighted by atomic mass is 32.1. The van der Waals surface area contributed by atoms with E-state index in [0.717, 1.165) is 41.9 Å².